The van der Waals surface area contributed by atoms with E-state index in [1.54, 1.807) is 18.4 Å². The molecule has 1 atom stereocenters. The predicted molar refractivity (Wildman–Crippen MR) is 68.9 cm³/mol. The Hall–Kier alpha value is -1.32. The monoisotopic (exact) mass is 271 g/mol. The molecule has 0 aliphatic heterocycles. The largest absolute Gasteiger partial charge is 0.505 e. The molecular formula is C12H11Cl2NO2. The van der Waals surface area contributed by atoms with Crippen molar-refractivity contribution in [2.24, 2.45) is 0 Å². The van der Waals surface area contributed by atoms with Crippen molar-refractivity contribution in [1.29, 1.82) is 0 Å². The zero-order valence-corrected chi connectivity index (χ0v) is 10.6. The molecule has 0 bridgehead atoms. The molecule has 2 N–H and O–H groups in total. The van der Waals surface area contributed by atoms with E-state index in [9.17, 15) is 5.11 Å². The molecule has 2 aromatic rings. The lowest BCUT2D eigenvalue weighted by Crippen LogP contribution is -2.05. The van der Waals surface area contributed by atoms with Crippen LogP contribution in [0, 0.1) is 0 Å². The summed E-state index contributed by atoms with van der Waals surface area (Å²) in [4.78, 5) is 0. The Labute approximate surface area is 109 Å². The zero-order chi connectivity index (χ0) is 12.4. The van der Waals surface area contributed by atoms with Crippen LogP contribution in [0.1, 0.15) is 18.7 Å². The van der Waals surface area contributed by atoms with E-state index in [4.69, 9.17) is 27.6 Å². The highest BCUT2D eigenvalue weighted by Crippen LogP contribution is 2.35. The van der Waals surface area contributed by atoms with Crippen LogP contribution in [-0.2, 0) is 0 Å². The van der Waals surface area contributed by atoms with Gasteiger partial charge >= 0.3 is 0 Å². The average Bonchev–Trinajstić information content (AvgIpc) is 2.79. The molecule has 0 amide bonds. The summed E-state index contributed by atoms with van der Waals surface area (Å²) in [5.41, 5.74) is 0.724. The molecule has 1 unspecified atom stereocenters. The molecule has 1 aromatic carbocycles. The third kappa shape index (κ3) is 2.68. The van der Waals surface area contributed by atoms with Crippen molar-refractivity contribution in [3.05, 3.63) is 46.3 Å². The van der Waals surface area contributed by atoms with Crippen molar-refractivity contribution in [2.45, 2.75) is 13.0 Å². The zero-order valence-electron chi connectivity index (χ0n) is 9.08. The minimum atomic E-state index is -0.107. The van der Waals surface area contributed by atoms with Gasteiger partial charge in [-0.05, 0) is 31.2 Å². The second-order valence-corrected chi connectivity index (χ2v) is 4.48. The molecule has 17 heavy (non-hydrogen) atoms. The smallest absolute Gasteiger partial charge is 0.152 e. The number of phenolic OH excluding ortho intramolecular Hbond substituents is 1. The van der Waals surface area contributed by atoms with Gasteiger partial charge in [0.05, 0.1) is 22.4 Å². The highest BCUT2D eigenvalue weighted by atomic mass is 35.5. The molecule has 2 rings (SSSR count). The van der Waals surface area contributed by atoms with Gasteiger partial charge in [-0.1, -0.05) is 23.2 Å². The van der Waals surface area contributed by atoms with Crippen LogP contribution in [0.2, 0.25) is 10.0 Å². The molecule has 0 radical (unpaired) electrons. The number of anilines is 1. The van der Waals surface area contributed by atoms with Gasteiger partial charge in [0.1, 0.15) is 5.76 Å². The number of aromatic hydroxyl groups is 1. The summed E-state index contributed by atoms with van der Waals surface area (Å²) in [7, 11) is 0. The van der Waals surface area contributed by atoms with Crippen molar-refractivity contribution >= 4 is 28.9 Å². The molecule has 5 heteroatoms. The highest BCUT2D eigenvalue weighted by Gasteiger charge is 2.11. The van der Waals surface area contributed by atoms with E-state index in [0.717, 1.165) is 11.4 Å². The minimum Gasteiger partial charge on any atom is -0.505 e. The molecule has 1 heterocycles. The SMILES string of the molecule is CC(Nc1cc(Cl)c(O)c(Cl)c1)c1ccco1. The molecule has 0 saturated heterocycles. The van der Waals surface area contributed by atoms with Gasteiger partial charge in [0.15, 0.2) is 5.75 Å². The Bertz CT molecular complexity index is 488. The lowest BCUT2D eigenvalue weighted by Gasteiger charge is -2.14. The summed E-state index contributed by atoms with van der Waals surface area (Å²) in [6.45, 7) is 1.95. The highest BCUT2D eigenvalue weighted by molar-refractivity contribution is 6.37. The third-order valence-corrected chi connectivity index (χ3v) is 2.95. The molecule has 0 fully saturated rings. The van der Waals surface area contributed by atoms with Gasteiger partial charge in [0.25, 0.3) is 0 Å². The van der Waals surface area contributed by atoms with Gasteiger partial charge in [-0.25, -0.2) is 0 Å². The number of rotatable bonds is 3. The van der Waals surface area contributed by atoms with Crippen LogP contribution in [-0.4, -0.2) is 5.11 Å². The van der Waals surface area contributed by atoms with Crippen LogP contribution in [0.15, 0.2) is 34.9 Å². The van der Waals surface area contributed by atoms with E-state index in [2.05, 4.69) is 5.32 Å². The fraction of sp³-hybridized carbons (Fsp3) is 0.167. The molecule has 90 valence electrons. The van der Waals surface area contributed by atoms with E-state index in [1.807, 2.05) is 19.1 Å². The maximum Gasteiger partial charge on any atom is 0.152 e. The first-order valence-corrected chi connectivity index (χ1v) is 5.81. The topological polar surface area (TPSA) is 45.4 Å². The van der Waals surface area contributed by atoms with Gasteiger partial charge in [-0.15, -0.1) is 0 Å². The quantitative estimate of drug-likeness (QED) is 0.810. The van der Waals surface area contributed by atoms with Crippen molar-refractivity contribution in [1.82, 2.24) is 0 Å². The summed E-state index contributed by atoms with van der Waals surface area (Å²) in [6, 6.07) is 6.91. The average molecular weight is 272 g/mol. The van der Waals surface area contributed by atoms with Gasteiger partial charge < -0.3 is 14.8 Å². The lowest BCUT2D eigenvalue weighted by atomic mass is 10.2. The second kappa shape index (κ2) is 4.90. The standard InChI is InChI=1S/C12H11Cl2NO2/c1-7(11-3-2-4-17-11)15-8-5-9(13)12(16)10(14)6-8/h2-7,15-16H,1H3. The lowest BCUT2D eigenvalue weighted by molar-refractivity contribution is 0.475. The Morgan fingerprint density at radius 1 is 1.29 bits per heavy atom. The number of hydrogen-bond donors (Lipinski definition) is 2. The Morgan fingerprint density at radius 3 is 2.47 bits per heavy atom. The molecule has 0 spiro atoms. The van der Waals surface area contributed by atoms with Crippen LogP contribution in [0.5, 0.6) is 5.75 Å². The van der Waals surface area contributed by atoms with Gasteiger partial charge in [-0.2, -0.15) is 0 Å². The summed E-state index contributed by atoms with van der Waals surface area (Å²) in [5, 5.41) is 13.0. The first-order valence-electron chi connectivity index (χ1n) is 5.06. The fourth-order valence-electron chi connectivity index (χ4n) is 1.51. The molecule has 3 nitrogen and oxygen atoms in total. The fourth-order valence-corrected chi connectivity index (χ4v) is 1.99. The second-order valence-electron chi connectivity index (χ2n) is 3.67. The van der Waals surface area contributed by atoms with Crippen molar-refractivity contribution in [2.75, 3.05) is 5.32 Å². The summed E-state index contributed by atoms with van der Waals surface area (Å²) in [6.07, 6.45) is 1.62. The van der Waals surface area contributed by atoms with Crippen molar-refractivity contribution < 1.29 is 9.52 Å². The minimum absolute atomic E-state index is 0.0123. The maximum atomic E-state index is 9.44. The van der Waals surface area contributed by atoms with E-state index in [-0.39, 0.29) is 21.8 Å². The molecule has 0 aliphatic carbocycles. The molecule has 1 aromatic heterocycles. The number of nitrogens with one attached hydrogen (secondary N) is 1. The summed E-state index contributed by atoms with van der Waals surface area (Å²) < 4.78 is 5.27. The van der Waals surface area contributed by atoms with Gasteiger partial charge in [-0.3, -0.25) is 0 Å². The van der Waals surface area contributed by atoms with E-state index in [1.165, 1.54) is 0 Å². The van der Waals surface area contributed by atoms with Crippen LogP contribution >= 0.6 is 23.2 Å². The van der Waals surface area contributed by atoms with Crippen molar-refractivity contribution in [3.63, 3.8) is 0 Å². The number of benzene rings is 1. The normalized spacial score (nSPS) is 12.4. The molecule has 0 aliphatic rings. The maximum absolute atomic E-state index is 9.44. The number of phenols is 1. The number of hydrogen-bond acceptors (Lipinski definition) is 3. The Balaban J connectivity index is 2.19. The third-order valence-electron chi connectivity index (χ3n) is 2.37. The first-order chi connectivity index (χ1) is 8.08. The van der Waals surface area contributed by atoms with E-state index >= 15 is 0 Å². The van der Waals surface area contributed by atoms with E-state index in [0.29, 0.717) is 0 Å². The molecular weight excluding hydrogens is 261 g/mol. The Kier molecular flexibility index (Phi) is 3.50. The predicted octanol–water partition coefficient (Wildman–Crippen LogP) is 4.47. The van der Waals surface area contributed by atoms with E-state index < -0.39 is 0 Å². The first kappa shape index (κ1) is 12.1. The summed E-state index contributed by atoms with van der Waals surface area (Å²) >= 11 is 11.7. The van der Waals surface area contributed by atoms with Crippen LogP contribution < -0.4 is 5.32 Å². The molecule has 0 saturated carbocycles. The van der Waals surface area contributed by atoms with Crippen LogP contribution in [0.25, 0.3) is 0 Å². The van der Waals surface area contributed by atoms with Crippen LogP contribution in [0.4, 0.5) is 5.69 Å². The number of furan rings is 1. The van der Waals surface area contributed by atoms with Crippen LogP contribution in [0.3, 0.4) is 0 Å². The van der Waals surface area contributed by atoms with Gasteiger partial charge in [0.2, 0.25) is 0 Å². The summed E-state index contributed by atoms with van der Waals surface area (Å²) in [5.74, 6) is 0.704. The Morgan fingerprint density at radius 2 is 1.94 bits per heavy atom. The number of halogens is 2. The van der Waals surface area contributed by atoms with Crippen molar-refractivity contribution in [3.8, 4) is 5.75 Å². The van der Waals surface area contributed by atoms with Gasteiger partial charge in [0, 0.05) is 5.69 Å².